The molecule has 0 aliphatic rings. The molecule has 0 bridgehead atoms. The SMILES string of the molecule is Cc1ccc(-n2c(SCC(=O)Nc3ccc(Cl)cn3)nnc2-c2ccccc2)cc1C. The van der Waals surface area contributed by atoms with Crippen molar-refractivity contribution in [3.05, 3.63) is 83.0 Å². The van der Waals surface area contributed by atoms with Crippen molar-refractivity contribution in [1.82, 2.24) is 19.7 Å². The molecule has 2 heterocycles. The lowest BCUT2D eigenvalue weighted by atomic mass is 10.1. The predicted molar refractivity (Wildman–Crippen MR) is 125 cm³/mol. The number of nitrogens with one attached hydrogen (secondary N) is 1. The minimum absolute atomic E-state index is 0.169. The lowest BCUT2D eigenvalue weighted by molar-refractivity contribution is -0.113. The molecule has 1 N–H and O–H groups in total. The molecular formula is C23H20ClN5OS. The van der Waals surface area contributed by atoms with Crippen LogP contribution >= 0.6 is 23.4 Å². The average Bonchev–Trinajstić information content (AvgIpc) is 3.20. The molecule has 0 fully saturated rings. The van der Waals surface area contributed by atoms with Crippen LogP contribution in [0.1, 0.15) is 11.1 Å². The van der Waals surface area contributed by atoms with Crippen molar-refractivity contribution in [2.75, 3.05) is 11.1 Å². The molecule has 4 aromatic rings. The fraction of sp³-hybridized carbons (Fsp3) is 0.130. The Labute approximate surface area is 189 Å². The number of benzene rings is 2. The second-order valence-corrected chi connectivity index (χ2v) is 8.35. The first-order valence-electron chi connectivity index (χ1n) is 9.64. The monoisotopic (exact) mass is 449 g/mol. The van der Waals surface area contributed by atoms with Crippen molar-refractivity contribution in [1.29, 1.82) is 0 Å². The minimum Gasteiger partial charge on any atom is -0.310 e. The Morgan fingerprint density at radius 1 is 1.03 bits per heavy atom. The number of hydrogen-bond donors (Lipinski definition) is 1. The molecule has 0 unspecified atom stereocenters. The Morgan fingerprint density at radius 3 is 2.55 bits per heavy atom. The molecule has 2 aromatic heterocycles. The van der Waals surface area contributed by atoms with E-state index in [1.54, 1.807) is 12.1 Å². The van der Waals surface area contributed by atoms with Crippen LogP contribution in [-0.4, -0.2) is 31.4 Å². The van der Waals surface area contributed by atoms with Gasteiger partial charge in [-0.15, -0.1) is 10.2 Å². The van der Waals surface area contributed by atoms with Gasteiger partial charge in [0.1, 0.15) is 5.82 Å². The standard InChI is InChI=1S/C23H20ClN5OS/c1-15-8-10-19(12-16(15)2)29-22(17-6-4-3-5-7-17)27-28-23(29)31-14-21(30)26-20-11-9-18(24)13-25-20/h3-13H,14H2,1-2H3,(H,25,26,30). The number of aromatic nitrogens is 4. The van der Waals surface area contributed by atoms with E-state index in [1.165, 1.54) is 29.1 Å². The van der Waals surface area contributed by atoms with Crippen LogP contribution in [0.15, 0.2) is 72.0 Å². The number of carbonyl (C=O) groups is 1. The van der Waals surface area contributed by atoms with Gasteiger partial charge < -0.3 is 5.32 Å². The lowest BCUT2D eigenvalue weighted by Gasteiger charge is -2.12. The van der Waals surface area contributed by atoms with Crippen molar-refractivity contribution in [3.63, 3.8) is 0 Å². The summed E-state index contributed by atoms with van der Waals surface area (Å²) in [5.74, 6) is 1.17. The zero-order valence-electron chi connectivity index (χ0n) is 17.0. The highest BCUT2D eigenvalue weighted by Gasteiger charge is 2.18. The number of aryl methyl sites for hydroxylation is 2. The number of anilines is 1. The number of amides is 1. The van der Waals surface area contributed by atoms with Crippen LogP contribution in [0.4, 0.5) is 5.82 Å². The van der Waals surface area contributed by atoms with Gasteiger partial charge in [0.05, 0.1) is 16.5 Å². The number of pyridine rings is 1. The lowest BCUT2D eigenvalue weighted by Crippen LogP contribution is -2.15. The number of carbonyl (C=O) groups excluding carboxylic acids is 1. The van der Waals surface area contributed by atoms with E-state index < -0.39 is 0 Å². The second kappa shape index (κ2) is 9.32. The van der Waals surface area contributed by atoms with E-state index in [-0.39, 0.29) is 11.7 Å². The first-order valence-corrected chi connectivity index (χ1v) is 11.0. The molecule has 0 saturated heterocycles. The van der Waals surface area contributed by atoms with Crippen LogP contribution in [0.5, 0.6) is 0 Å². The van der Waals surface area contributed by atoms with Gasteiger partial charge in [-0.2, -0.15) is 0 Å². The third-order valence-electron chi connectivity index (χ3n) is 4.74. The highest BCUT2D eigenvalue weighted by atomic mass is 35.5. The van der Waals surface area contributed by atoms with E-state index in [0.29, 0.717) is 16.0 Å². The van der Waals surface area contributed by atoms with Crippen molar-refractivity contribution in [2.45, 2.75) is 19.0 Å². The predicted octanol–water partition coefficient (Wildman–Crippen LogP) is 5.33. The molecule has 8 heteroatoms. The molecule has 0 radical (unpaired) electrons. The fourth-order valence-corrected chi connectivity index (χ4v) is 3.86. The van der Waals surface area contributed by atoms with Gasteiger partial charge in [0, 0.05) is 11.8 Å². The van der Waals surface area contributed by atoms with Gasteiger partial charge >= 0.3 is 0 Å². The molecule has 0 aliphatic carbocycles. The van der Waals surface area contributed by atoms with E-state index in [0.717, 1.165) is 17.1 Å². The maximum atomic E-state index is 12.4. The van der Waals surface area contributed by atoms with E-state index in [4.69, 9.17) is 11.6 Å². The Hall–Kier alpha value is -3.16. The van der Waals surface area contributed by atoms with E-state index in [2.05, 4.69) is 46.5 Å². The number of halogens is 1. The molecule has 0 atom stereocenters. The molecule has 2 aromatic carbocycles. The van der Waals surface area contributed by atoms with E-state index >= 15 is 0 Å². The molecule has 0 aliphatic heterocycles. The Balaban J connectivity index is 1.61. The third-order valence-corrected chi connectivity index (χ3v) is 5.89. The molecule has 31 heavy (non-hydrogen) atoms. The van der Waals surface area contributed by atoms with Gasteiger partial charge in [-0.05, 0) is 49.2 Å². The third kappa shape index (κ3) is 4.95. The summed E-state index contributed by atoms with van der Waals surface area (Å²) in [5.41, 5.74) is 4.29. The second-order valence-electron chi connectivity index (χ2n) is 6.97. The van der Waals surface area contributed by atoms with E-state index in [9.17, 15) is 4.79 Å². The smallest absolute Gasteiger partial charge is 0.236 e. The van der Waals surface area contributed by atoms with Gasteiger partial charge in [-0.25, -0.2) is 4.98 Å². The molecular weight excluding hydrogens is 430 g/mol. The first kappa shape index (κ1) is 21.1. The molecule has 4 rings (SSSR count). The summed E-state index contributed by atoms with van der Waals surface area (Å²) in [6, 6.07) is 19.5. The normalized spacial score (nSPS) is 10.8. The maximum absolute atomic E-state index is 12.4. The largest absolute Gasteiger partial charge is 0.310 e. The van der Waals surface area contributed by atoms with Crippen molar-refractivity contribution >= 4 is 35.1 Å². The number of nitrogens with zero attached hydrogens (tertiary/aromatic N) is 4. The van der Waals surface area contributed by atoms with Crippen LogP contribution in [0, 0.1) is 13.8 Å². The molecule has 156 valence electrons. The van der Waals surface area contributed by atoms with Crippen LogP contribution in [0.3, 0.4) is 0 Å². The number of rotatable bonds is 6. The highest BCUT2D eigenvalue weighted by Crippen LogP contribution is 2.29. The summed E-state index contributed by atoms with van der Waals surface area (Å²) in [4.78, 5) is 16.5. The Bertz CT molecular complexity index is 1210. The van der Waals surface area contributed by atoms with Gasteiger partial charge in [0.2, 0.25) is 5.91 Å². The van der Waals surface area contributed by atoms with Crippen molar-refractivity contribution in [2.24, 2.45) is 0 Å². The van der Waals surface area contributed by atoms with Crippen molar-refractivity contribution in [3.8, 4) is 17.1 Å². The Kier molecular flexibility index (Phi) is 6.34. The van der Waals surface area contributed by atoms with Gasteiger partial charge in [-0.3, -0.25) is 9.36 Å². The summed E-state index contributed by atoms with van der Waals surface area (Å²) in [6.07, 6.45) is 1.49. The molecule has 0 spiro atoms. The average molecular weight is 450 g/mol. The topological polar surface area (TPSA) is 72.7 Å². The van der Waals surface area contributed by atoms with Crippen LogP contribution in [-0.2, 0) is 4.79 Å². The Morgan fingerprint density at radius 2 is 1.84 bits per heavy atom. The van der Waals surface area contributed by atoms with Crippen LogP contribution < -0.4 is 5.32 Å². The zero-order valence-corrected chi connectivity index (χ0v) is 18.6. The fourth-order valence-electron chi connectivity index (χ4n) is 2.99. The summed E-state index contributed by atoms with van der Waals surface area (Å²) in [5, 5.41) is 12.7. The van der Waals surface area contributed by atoms with Gasteiger partial charge in [0.15, 0.2) is 11.0 Å². The summed E-state index contributed by atoms with van der Waals surface area (Å²) >= 11 is 7.16. The number of hydrogen-bond acceptors (Lipinski definition) is 5. The minimum atomic E-state index is -0.185. The van der Waals surface area contributed by atoms with Crippen LogP contribution in [0.25, 0.3) is 17.1 Å². The molecule has 6 nitrogen and oxygen atoms in total. The molecule has 0 saturated carbocycles. The summed E-state index contributed by atoms with van der Waals surface area (Å²) in [6.45, 7) is 4.15. The quantitative estimate of drug-likeness (QED) is 0.403. The zero-order chi connectivity index (χ0) is 21.8. The molecule has 1 amide bonds. The first-order chi connectivity index (χ1) is 15.0. The van der Waals surface area contributed by atoms with E-state index in [1.807, 2.05) is 41.0 Å². The summed E-state index contributed by atoms with van der Waals surface area (Å²) in [7, 11) is 0. The van der Waals surface area contributed by atoms with Gasteiger partial charge in [0.25, 0.3) is 0 Å². The van der Waals surface area contributed by atoms with Crippen molar-refractivity contribution < 1.29 is 4.79 Å². The highest BCUT2D eigenvalue weighted by molar-refractivity contribution is 7.99. The van der Waals surface area contributed by atoms with Gasteiger partial charge in [-0.1, -0.05) is 59.8 Å². The summed E-state index contributed by atoms with van der Waals surface area (Å²) < 4.78 is 1.99. The van der Waals surface area contributed by atoms with Crippen LogP contribution in [0.2, 0.25) is 5.02 Å². The maximum Gasteiger partial charge on any atom is 0.236 e. The number of thioether (sulfide) groups is 1.